The molecule has 2 saturated heterocycles. The van der Waals surface area contributed by atoms with E-state index in [1.165, 1.54) is 6.07 Å². The van der Waals surface area contributed by atoms with Gasteiger partial charge in [0.05, 0.1) is 18.3 Å². The Kier molecular flexibility index (Phi) is 5.91. The minimum absolute atomic E-state index is 0.0173. The maximum atomic E-state index is 14.6. The van der Waals surface area contributed by atoms with Crippen molar-refractivity contribution >= 4 is 12.0 Å². The Hall–Kier alpha value is -3.72. The number of aromatic carboxylic acids is 1. The van der Waals surface area contributed by atoms with Crippen LogP contribution in [-0.2, 0) is 24.4 Å². The van der Waals surface area contributed by atoms with Crippen LogP contribution in [0.15, 0.2) is 47.0 Å². The SMILES string of the molecule is O=C(O)c1cccc2c1CN(C(=O)N1[C@@H]3CC[C@H]1CC(OCc1c(-c4ccccc4F)noc1C1CC1)C3)C2. The van der Waals surface area contributed by atoms with Crippen LogP contribution in [0.1, 0.15) is 77.3 Å². The first-order valence-electron chi connectivity index (χ1n) is 13.7. The molecule has 202 valence electrons. The fourth-order valence-corrected chi connectivity index (χ4v) is 6.69. The lowest BCUT2D eigenvalue weighted by Crippen LogP contribution is -2.52. The summed E-state index contributed by atoms with van der Waals surface area (Å²) in [5.74, 6) is -0.175. The molecule has 3 fully saturated rings. The average Bonchev–Trinajstić information content (AvgIpc) is 3.44. The molecule has 3 aliphatic heterocycles. The van der Waals surface area contributed by atoms with E-state index in [9.17, 15) is 19.1 Å². The lowest BCUT2D eigenvalue weighted by Gasteiger charge is -2.40. The van der Waals surface area contributed by atoms with E-state index in [4.69, 9.17) is 9.26 Å². The number of urea groups is 1. The van der Waals surface area contributed by atoms with Crippen molar-refractivity contribution in [2.45, 2.75) is 82.3 Å². The van der Waals surface area contributed by atoms with Crippen LogP contribution in [0.2, 0.25) is 0 Å². The third-order valence-electron chi connectivity index (χ3n) is 8.75. The molecule has 2 aromatic carbocycles. The van der Waals surface area contributed by atoms with Crippen LogP contribution in [0.25, 0.3) is 11.3 Å². The zero-order valence-electron chi connectivity index (χ0n) is 21.5. The molecule has 2 bridgehead atoms. The van der Waals surface area contributed by atoms with Crippen molar-refractivity contribution < 1.29 is 28.3 Å². The number of nitrogens with zero attached hydrogens (tertiary/aromatic N) is 3. The van der Waals surface area contributed by atoms with Crippen molar-refractivity contribution in [3.8, 4) is 11.3 Å². The van der Waals surface area contributed by atoms with Gasteiger partial charge in [0.1, 0.15) is 17.3 Å². The highest BCUT2D eigenvalue weighted by atomic mass is 19.1. The molecule has 3 aromatic rings. The second-order valence-corrected chi connectivity index (χ2v) is 11.2. The van der Waals surface area contributed by atoms with Crippen molar-refractivity contribution in [3.05, 3.63) is 76.3 Å². The largest absolute Gasteiger partial charge is 0.478 e. The van der Waals surface area contributed by atoms with Crippen molar-refractivity contribution in [3.63, 3.8) is 0 Å². The van der Waals surface area contributed by atoms with E-state index in [1.807, 2.05) is 11.0 Å². The maximum Gasteiger partial charge on any atom is 0.336 e. The summed E-state index contributed by atoms with van der Waals surface area (Å²) in [6.45, 7) is 1.06. The number of halogens is 1. The molecule has 2 amide bonds. The number of hydrogen-bond acceptors (Lipinski definition) is 5. The number of fused-ring (bicyclic) bond motifs is 3. The molecule has 9 heteroatoms. The number of rotatable bonds is 6. The molecule has 8 nitrogen and oxygen atoms in total. The highest BCUT2D eigenvalue weighted by molar-refractivity contribution is 5.90. The number of carbonyl (C=O) groups is 2. The maximum absolute atomic E-state index is 14.6. The van der Waals surface area contributed by atoms with Gasteiger partial charge in [-0.1, -0.05) is 29.4 Å². The van der Waals surface area contributed by atoms with Gasteiger partial charge in [-0.25, -0.2) is 14.0 Å². The Morgan fingerprint density at radius 1 is 1.03 bits per heavy atom. The Morgan fingerprint density at radius 3 is 2.51 bits per heavy atom. The molecule has 1 unspecified atom stereocenters. The van der Waals surface area contributed by atoms with E-state index < -0.39 is 5.97 Å². The Bertz CT molecular complexity index is 1440. The predicted octanol–water partition coefficient (Wildman–Crippen LogP) is 5.70. The van der Waals surface area contributed by atoms with Crippen LogP contribution in [0.4, 0.5) is 9.18 Å². The van der Waals surface area contributed by atoms with Crippen molar-refractivity contribution in [2.75, 3.05) is 0 Å². The molecule has 3 atom stereocenters. The lowest BCUT2D eigenvalue weighted by molar-refractivity contribution is -0.0210. The molecule has 0 radical (unpaired) electrons. The van der Waals surface area contributed by atoms with Gasteiger partial charge in [-0.15, -0.1) is 0 Å². The molecule has 0 spiro atoms. The van der Waals surface area contributed by atoms with Crippen LogP contribution in [0.3, 0.4) is 0 Å². The van der Waals surface area contributed by atoms with E-state index in [0.29, 0.717) is 36.9 Å². The standard InChI is InChI=1S/C30H30FN3O5/c31-26-7-2-1-5-23(26)27-25(28(39-32-27)17-8-9-17)16-38-21-12-19-10-11-20(13-21)34(19)30(37)33-14-18-4-3-6-22(29(35)36)24(18)15-33/h1-7,17,19-21H,8-16H2,(H,35,36)/t19-,20+,21?. The lowest BCUT2D eigenvalue weighted by atomic mass is 9.99. The van der Waals surface area contributed by atoms with Gasteiger partial charge in [0.2, 0.25) is 0 Å². The second-order valence-electron chi connectivity index (χ2n) is 11.2. The summed E-state index contributed by atoms with van der Waals surface area (Å²) in [5.41, 5.74) is 3.67. The molecule has 4 aliphatic rings. The molecule has 1 aromatic heterocycles. The zero-order chi connectivity index (χ0) is 26.7. The van der Waals surface area contributed by atoms with Crippen molar-refractivity contribution in [1.29, 1.82) is 0 Å². The summed E-state index contributed by atoms with van der Waals surface area (Å²) >= 11 is 0. The topological polar surface area (TPSA) is 96.1 Å². The number of carbonyl (C=O) groups excluding carboxylic acids is 1. The summed E-state index contributed by atoms with van der Waals surface area (Å²) < 4.78 is 26.7. The van der Waals surface area contributed by atoms with Crippen LogP contribution in [0.5, 0.6) is 0 Å². The first-order chi connectivity index (χ1) is 19.0. The van der Waals surface area contributed by atoms with E-state index in [-0.39, 0.29) is 35.6 Å². The Morgan fingerprint density at radius 2 is 1.79 bits per heavy atom. The summed E-state index contributed by atoms with van der Waals surface area (Å²) in [6.07, 6.45) is 5.40. The first-order valence-corrected chi connectivity index (χ1v) is 13.7. The van der Waals surface area contributed by atoms with Gasteiger partial charge >= 0.3 is 12.0 Å². The first kappa shape index (κ1) is 24.3. The monoisotopic (exact) mass is 531 g/mol. The number of carboxylic acids is 1. The number of amides is 2. The van der Waals surface area contributed by atoms with E-state index in [0.717, 1.165) is 61.0 Å². The molecule has 39 heavy (non-hydrogen) atoms. The fourth-order valence-electron chi connectivity index (χ4n) is 6.69. The van der Waals surface area contributed by atoms with Crippen LogP contribution in [-0.4, -0.2) is 50.3 Å². The van der Waals surface area contributed by atoms with Gasteiger partial charge in [0, 0.05) is 42.2 Å². The second kappa shape index (κ2) is 9.48. The fraction of sp³-hybridized carbons (Fsp3) is 0.433. The molecule has 1 N–H and O–H groups in total. The quantitative estimate of drug-likeness (QED) is 0.438. The summed E-state index contributed by atoms with van der Waals surface area (Å²) in [7, 11) is 0. The predicted molar refractivity (Wildman–Crippen MR) is 138 cm³/mol. The number of hydrogen-bond donors (Lipinski definition) is 1. The summed E-state index contributed by atoms with van der Waals surface area (Å²) in [5, 5.41) is 13.8. The van der Waals surface area contributed by atoms with Crippen LogP contribution in [0, 0.1) is 5.82 Å². The van der Waals surface area contributed by atoms with Gasteiger partial charge in [0.15, 0.2) is 0 Å². The van der Waals surface area contributed by atoms with Crippen molar-refractivity contribution in [2.24, 2.45) is 0 Å². The minimum Gasteiger partial charge on any atom is -0.478 e. The van der Waals surface area contributed by atoms with E-state index in [1.54, 1.807) is 35.2 Å². The number of benzene rings is 2. The highest BCUT2D eigenvalue weighted by Gasteiger charge is 2.46. The third kappa shape index (κ3) is 4.29. The summed E-state index contributed by atoms with van der Waals surface area (Å²) in [4.78, 5) is 29.1. The third-order valence-corrected chi connectivity index (χ3v) is 8.75. The van der Waals surface area contributed by atoms with Gasteiger partial charge in [-0.2, -0.15) is 0 Å². The summed E-state index contributed by atoms with van der Waals surface area (Å²) in [6, 6.07) is 12.0. The van der Waals surface area contributed by atoms with Gasteiger partial charge in [0.25, 0.3) is 0 Å². The molecular formula is C30H30FN3O5. The minimum atomic E-state index is -0.963. The van der Waals surface area contributed by atoms with Gasteiger partial charge in [-0.05, 0) is 67.9 Å². The van der Waals surface area contributed by atoms with E-state index >= 15 is 0 Å². The number of carboxylic acid groups (broad SMARTS) is 1. The Balaban J connectivity index is 1.04. The van der Waals surface area contributed by atoms with Crippen molar-refractivity contribution in [1.82, 2.24) is 15.0 Å². The molecular weight excluding hydrogens is 501 g/mol. The number of ether oxygens (including phenoxy) is 1. The normalized spacial score (nSPS) is 23.8. The molecule has 1 saturated carbocycles. The Labute approximate surface area is 225 Å². The highest BCUT2D eigenvalue weighted by Crippen LogP contribution is 2.45. The van der Waals surface area contributed by atoms with E-state index in [2.05, 4.69) is 5.16 Å². The van der Waals surface area contributed by atoms with Gasteiger partial charge < -0.3 is 24.2 Å². The van der Waals surface area contributed by atoms with Crippen LogP contribution < -0.4 is 0 Å². The number of aromatic nitrogens is 1. The molecule has 7 rings (SSSR count). The molecule has 4 heterocycles. The van der Waals surface area contributed by atoms with Gasteiger partial charge in [-0.3, -0.25) is 0 Å². The molecule has 1 aliphatic carbocycles. The zero-order valence-corrected chi connectivity index (χ0v) is 21.5. The van der Waals surface area contributed by atoms with Crippen LogP contribution >= 0.6 is 0 Å². The average molecular weight is 532 g/mol. The number of piperidine rings is 1. The smallest absolute Gasteiger partial charge is 0.336 e.